The van der Waals surface area contributed by atoms with Crippen molar-refractivity contribution in [3.05, 3.63) is 60.6 Å². The molecular weight excluding hydrogens is 344 g/mol. The van der Waals surface area contributed by atoms with Gasteiger partial charge in [0.2, 0.25) is 0 Å². The molecule has 5 aromatic rings. The third-order valence-corrected chi connectivity index (χ3v) is 5.48. The summed E-state index contributed by atoms with van der Waals surface area (Å²) in [7, 11) is 3.62. The maximum Gasteiger partial charge on any atom is 0.127 e. The van der Waals surface area contributed by atoms with Gasteiger partial charge in [-0.1, -0.05) is 6.07 Å². The summed E-state index contributed by atoms with van der Waals surface area (Å²) in [6.07, 6.45) is 7.78. The molecule has 1 aromatic carbocycles. The fourth-order valence-electron chi connectivity index (χ4n) is 3.39. The molecule has 26 heavy (non-hydrogen) atoms. The molecule has 4 heterocycles. The van der Waals surface area contributed by atoms with Gasteiger partial charge in [-0.05, 0) is 35.0 Å². The van der Waals surface area contributed by atoms with Gasteiger partial charge in [0, 0.05) is 36.0 Å². The molecule has 0 aliphatic carbocycles. The lowest BCUT2D eigenvalue weighted by Crippen LogP contribution is -1.91. The van der Waals surface area contributed by atoms with E-state index in [0.717, 1.165) is 38.9 Å². The fraction of sp³-hybridized carbons (Fsp3) is 0.100. The molecule has 128 valence electrons. The highest BCUT2D eigenvalue weighted by molar-refractivity contribution is 7.13. The van der Waals surface area contributed by atoms with Crippen LogP contribution in [-0.2, 0) is 7.05 Å². The normalized spacial score (nSPS) is 11.5. The number of hydrogen-bond donors (Lipinski definition) is 0. The number of ether oxygens (including phenoxy) is 1. The molecule has 0 radical (unpaired) electrons. The van der Waals surface area contributed by atoms with Gasteiger partial charge in [0.05, 0.1) is 30.0 Å². The number of imidazole rings is 1. The van der Waals surface area contributed by atoms with Crippen LogP contribution in [0.1, 0.15) is 0 Å². The van der Waals surface area contributed by atoms with Gasteiger partial charge < -0.3 is 9.14 Å². The first-order chi connectivity index (χ1) is 12.7. The molecule has 0 spiro atoms. The van der Waals surface area contributed by atoms with E-state index in [1.165, 1.54) is 4.88 Å². The minimum Gasteiger partial charge on any atom is -0.496 e. The molecule has 6 heteroatoms. The Labute approximate surface area is 154 Å². The molecule has 0 unspecified atom stereocenters. The van der Waals surface area contributed by atoms with Crippen LogP contribution in [0.3, 0.4) is 0 Å². The van der Waals surface area contributed by atoms with Crippen molar-refractivity contribution in [2.75, 3.05) is 7.11 Å². The van der Waals surface area contributed by atoms with Crippen molar-refractivity contribution >= 4 is 27.6 Å². The summed E-state index contributed by atoms with van der Waals surface area (Å²) in [6.45, 7) is 0. The van der Waals surface area contributed by atoms with Crippen molar-refractivity contribution in [3.63, 3.8) is 0 Å². The molecule has 0 fully saturated rings. The standard InChI is InChI=1S/C20H16N4OS/c1-23-11-14(10-22-23)15-9-16-13(8-17(15)25-2)5-6-24-12-21-19(20(16)24)18-4-3-7-26-18/h3-12H,1-2H3. The topological polar surface area (TPSA) is 44.4 Å². The van der Waals surface area contributed by atoms with Crippen molar-refractivity contribution in [3.8, 4) is 27.4 Å². The Morgan fingerprint density at radius 2 is 2.12 bits per heavy atom. The van der Waals surface area contributed by atoms with Gasteiger partial charge in [0.25, 0.3) is 0 Å². The highest BCUT2D eigenvalue weighted by Crippen LogP contribution is 2.38. The van der Waals surface area contributed by atoms with Crippen LogP contribution < -0.4 is 4.74 Å². The molecule has 0 saturated heterocycles. The monoisotopic (exact) mass is 360 g/mol. The van der Waals surface area contributed by atoms with Gasteiger partial charge in [0.1, 0.15) is 11.4 Å². The van der Waals surface area contributed by atoms with Crippen LogP contribution in [-0.4, -0.2) is 26.3 Å². The summed E-state index contributed by atoms with van der Waals surface area (Å²) in [6, 6.07) is 10.5. The third kappa shape index (κ3) is 2.23. The molecule has 5 nitrogen and oxygen atoms in total. The summed E-state index contributed by atoms with van der Waals surface area (Å²) in [5, 5.41) is 8.65. The molecule has 0 atom stereocenters. The van der Waals surface area contributed by atoms with E-state index in [2.05, 4.69) is 50.2 Å². The Bertz CT molecular complexity index is 1230. The van der Waals surface area contributed by atoms with Crippen molar-refractivity contribution in [2.24, 2.45) is 7.05 Å². The van der Waals surface area contributed by atoms with Crippen LogP contribution in [0.2, 0.25) is 0 Å². The zero-order chi connectivity index (χ0) is 17.7. The zero-order valence-corrected chi connectivity index (χ0v) is 15.2. The van der Waals surface area contributed by atoms with Gasteiger partial charge in [-0.3, -0.25) is 4.68 Å². The molecule has 0 saturated carbocycles. The first-order valence-electron chi connectivity index (χ1n) is 8.25. The van der Waals surface area contributed by atoms with E-state index in [1.54, 1.807) is 23.1 Å². The molecule has 0 N–H and O–H groups in total. The molecular formula is C20H16N4OS. The van der Waals surface area contributed by atoms with E-state index in [4.69, 9.17) is 4.74 Å². The molecule has 4 aromatic heterocycles. The highest BCUT2D eigenvalue weighted by Gasteiger charge is 2.15. The van der Waals surface area contributed by atoms with E-state index in [0.29, 0.717) is 0 Å². The number of aryl methyl sites for hydroxylation is 1. The summed E-state index contributed by atoms with van der Waals surface area (Å²) in [5.74, 6) is 0.840. The van der Waals surface area contributed by atoms with Crippen molar-refractivity contribution < 1.29 is 4.74 Å². The van der Waals surface area contributed by atoms with E-state index >= 15 is 0 Å². The van der Waals surface area contributed by atoms with Gasteiger partial charge in [-0.25, -0.2) is 4.98 Å². The van der Waals surface area contributed by atoms with Gasteiger partial charge in [0.15, 0.2) is 0 Å². The fourth-order valence-corrected chi connectivity index (χ4v) is 4.11. The SMILES string of the molecule is COc1cc2ccn3cnc(-c4cccs4)c3c2cc1-c1cnn(C)c1. The van der Waals surface area contributed by atoms with E-state index in [-0.39, 0.29) is 0 Å². The minimum absolute atomic E-state index is 0.840. The molecule has 0 amide bonds. The number of fused-ring (bicyclic) bond motifs is 3. The van der Waals surface area contributed by atoms with Crippen molar-refractivity contribution in [1.29, 1.82) is 0 Å². The Kier molecular flexibility index (Phi) is 3.33. The molecule has 0 aliphatic heterocycles. The van der Waals surface area contributed by atoms with Crippen LogP contribution in [0.4, 0.5) is 0 Å². The lowest BCUT2D eigenvalue weighted by atomic mass is 10.0. The summed E-state index contributed by atoms with van der Waals surface area (Å²) >= 11 is 1.70. The van der Waals surface area contributed by atoms with Crippen LogP contribution in [0, 0.1) is 0 Å². The lowest BCUT2D eigenvalue weighted by Gasteiger charge is -2.11. The van der Waals surface area contributed by atoms with Crippen LogP contribution in [0.5, 0.6) is 5.75 Å². The summed E-state index contributed by atoms with van der Waals surface area (Å²) < 4.78 is 9.54. The van der Waals surface area contributed by atoms with Crippen LogP contribution >= 0.6 is 11.3 Å². The minimum atomic E-state index is 0.840. The van der Waals surface area contributed by atoms with Crippen LogP contribution in [0.25, 0.3) is 38.0 Å². The van der Waals surface area contributed by atoms with E-state index in [1.807, 2.05) is 32.0 Å². The number of pyridine rings is 1. The smallest absolute Gasteiger partial charge is 0.127 e. The Balaban J connectivity index is 1.87. The van der Waals surface area contributed by atoms with Gasteiger partial charge in [-0.2, -0.15) is 5.10 Å². The number of aromatic nitrogens is 4. The first-order valence-corrected chi connectivity index (χ1v) is 9.13. The van der Waals surface area contributed by atoms with Gasteiger partial charge in [-0.15, -0.1) is 11.3 Å². The molecule has 5 rings (SSSR count). The van der Waals surface area contributed by atoms with Crippen molar-refractivity contribution in [2.45, 2.75) is 0 Å². The van der Waals surface area contributed by atoms with Crippen molar-refractivity contribution in [1.82, 2.24) is 19.2 Å². The maximum absolute atomic E-state index is 5.66. The zero-order valence-electron chi connectivity index (χ0n) is 14.4. The van der Waals surface area contributed by atoms with E-state index < -0.39 is 0 Å². The number of hydrogen-bond acceptors (Lipinski definition) is 4. The number of thiophene rings is 1. The number of rotatable bonds is 3. The average Bonchev–Trinajstić information content (AvgIpc) is 3.40. The quantitative estimate of drug-likeness (QED) is 0.471. The third-order valence-electron chi connectivity index (χ3n) is 4.61. The Morgan fingerprint density at radius 1 is 1.19 bits per heavy atom. The Hall–Kier alpha value is -3.12. The summed E-state index contributed by atoms with van der Waals surface area (Å²) in [5.41, 5.74) is 4.18. The predicted molar refractivity (Wildman–Crippen MR) is 105 cm³/mol. The summed E-state index contributed by atoms with van der Waals surface area (Å²) in [4.78, 5) is 5.83. The maximum atomic E-state index is 5.66. The largest absolute Gasteiger partial charge is 0.496 e. The highest BCUT2D eigenvalue weighted by atomic mass is 32.1. The first kappa shape index (κ1) is 15.2. The second-order valence-electron chi connectivity index (χ2n) is 6.18. The van der Waals surface area contributed by atoms with Gasteiger partial charge >= 0.3 is 0 Å². The number of benzene rings is 1. The lowest BCUT2D eigenvalue weighted by molar-refractivity contribution is 0.417. The number of methoxy groups -OCH3 is 1. The second-order valence-corrected chi connectivity index (χ2v) is 7.13. The molecule has 0 bridgehead atoms. The van der Waals surface area contributed by atoms with E-state index in [9.17, 15) is 0 Å². The Morgan fingerprint density at radius 3 is 2.85 bits per heavy atom. The molecule has 0 aliphatic rings. The second kappa shape index (κ2) is 5.71. The average molecular weight is 360 g/mol. The number of nitrogens with zero attached hydrogens (tertiary/aromatic N) is 4. The van der Waals surface area contributed by atoms with Crippen LogP contribution in [0.15, 0.2) is 60.6 Å². The predicted octanol–water partition coefficient (Wildman–Crippen LogP) is 4.63.